The van der Waals surface area contributed by atoms with Crippen molar-refractivity contribution in [2.45, 2.75) is 20.3 Å². The van der Waals surface area contributed by atoms with Crippen LogP contribution in [0.3, 0.4) is 0 Å². The van der Waals surface area contributed by atoms with Gasteiger partial charge in [-0.2, -0.15) is 13.1 Å². The van der Waals surface area contributed by atoms with E-state index in [1.165, 1.54) is 0 Å². The van der Waals surface area contributed by atoms with E-state index in [-0.39, 0.29) is 0 Å². The highest BCUT2D eigenvalue weighted by atomic mass is 79.9. The van der Waals surface area contributed by atoms with Gasteiger partial charge in [0.2, 0.25) is 0 Å². The van der Waals surface area contributed by atoms with Gasteiger partial charge in [-0.3, -0.25) is 4.72 Å². The van der Waals surface area contributed by atoms with E-state index in [4.69, 9.17) is 0 Å². The zero-order valence-electron chi connectivity index (χ0n) is 9.12. The van der Waals surface area contributed by atoms with Crippen molar-refractivity contribution in [2.24, 2.45) is 0 Å². The maximum absolute atomic E-state index is 11.5. The molecule has 0 aliphatic heterocycles. The minimum Gasteiger partial charge on any atom is -0.255 e. The monoisotopic (exact) mass is 307 g/mol. The molecular weight excluding hydrogens is 294 g/mol. The number of aromatic nitrogens is 1. The smallest absolute Gasteiger partial charge is 0.255 e. The van der Waals surface area contributed by atoms with E-state index in [0.717, 1.165) is 16.6 Å². The fraction of sp³-hybridized carbons (Fsp3) is 0.444. The van der Waals surface area contributed by atoms with Gasteiger partial charge in [-0.15, -0.1) is 0 Å². The fourth-order valence-electron chi connectivity index (χ4n) is 1.01. The summed E-state index contributed by atoms with van der Waals surface area (Å²) in [5.74, 6) is 0.310. The van der Waals surface area contributed by atoms with Crippen molar-refractivity contribution in [3.05, 3.63) is 22.3 Å². The van der Waals surface area contributed by atoms with Crippen LogP contribution in [0.2, 0.25) is 0 Å². The molecule has 0 spiro atoms. The van der Waals surface area contributed by atoms with Gasteiger partial charge in [0.15, 0.2) is 0 Å². The number of pyridine rings is 1. The maximum atomic E-state index is 11.5. The van der Waals surface area contributed by atoms with Crippen LogP contribution in [-0.4, -0.2) is 19.9 Å². The molecule has 0 aliphatic carbocycles. The first kappa shape index (κ1) is 13.4. The number of nitrogens with one attached hydrogen (secondary N) is 2. The zero-order chi connectivity index (χ0) is 12.2. The summed E-state index contributed by atoms with van der Waals surface area (Å²) in [5.41, 5.74) is 0.732. The second kappa shape index (κ2) is 5.60. The Morgan fingerprint density at radius 1 is 1.44 bits per heavy atom. The minimum atomic E-state index is -3.50. The Bertz CT molecular complexity index is 462. The molecule has 1 aromatic heterocycles. The van der Waals surface area contributed by atoms with Crippen molar-refractivity contribution in [1.29, 1.82) is 0 Å². The SMILES string of the molecule is CCCNS(=O)(=O)Nc1ccc(Br)c(C)n1. The third-order valence-corrected chi connectivity index (χ3v) is 3.70. The Kier molecular flexibility index (Phi) is 4.69. The largest absolute Gasteiger partial charge is 0.300 e. The number of aryl methyl sites for hydroxylation is 1. The number of hydrogen-bond acceptors (Lipinski definition) is 3. The second-order valence-electron chi connectivity index (χ2n) is 3.26. The van der Waals surface area contributed by atoms with Gasteiger partial charge in [-0.1, -0.05) is 6.92 Å². The van der Waals surface area contributed by atoms with Crippen LogP contribution in [0.25, 0.3) is 0 Å². The van der Waals surface area contributed by atoms with E-state index < -0.39 is 10.2 Å². The molecule has 1 rings (SSSR count). The molecule has 7 heteroatoms. The molecule has 0 fully saturated rings. The summed E-state index contributed by atoms with van der Waals surface area (Å²) in [6.07, 6.45) is 0.744. The molecule has 90 valence electrons. The van der Waals surface area contributed by atoms with Crippen LogP contribution in [0.1, 0.15) is 19.0 Å². The topological polar surface area (TPSA) is 71.1 Å². The highest BCUT2D eigenvalue weighted by molar-refractivity contribution is 9.10. The van der Waals surface area contributed by atoms with Gasteiger partial charge in [0, 0.05) is 11.0 Å². The standard InChI is InChI=1S/C9H14BrN3O2S/c1-3-6-11-16(14,15)13-9-5-4-8(10)7(2)12-9/h4-5,11H,3,6H2,1-2H3,(H,12,13). The molecule has 0 unspecified atom stereocenters. The van der Waals surface area contributed by atoms with Crippen LogP contribution in [0, 0.1) is 6.92 Å². The highest BCUT2D eigenvalue weighted by Crippen LogP contribution is 2.16. The van der Waals surface area contributed by atoms with Crippen LogP contribution in [0.15, 0.2) is 16.6 Å². The molecule has 0 bridgehead atoms. The second-order valence-corrected chi connectivity index (χ2v) is 5.62. The molecule has 0 radical (unpaired) electrons. The lowest BCUT2D eigenvalue weighted by Gasteiger charge is -2.08. The lowest BCUT2D eigenvalue weighted by atomic mass is 10.4. The van der Waals surface area contributed by atoms with Crippen LogP contribution < -0.4 is 9.44 Å². The summed E-state index contributed by atoms with van der Waals surface area (Å²) in [4.78, 5) is 4.09. The zero-order valence-corrected chi connectivity index (χ0v) is 11.5. The Morgan fingerprint density at radius 3 is 2.69 bits per heavy atom. The van der Waals surface area contributed by atoms with E-state index in [2.05, 4.69) is 30.4 Å². The van der Waals surface area contributed by atoms with Crippen molar-refractivity contribution < 1.29 is 8.42 Å². The number of rotatable bonds is 5. The molecule has 0 saturated heterocycles. The molecule has 16 heavy (non-hydrogen) atoms. The van der Waals surface area contributed by atoms with Crippen LogP contribution in [-0.2, 0) is 10.2 Å². The molecule has 1 heterocycles. The van der Waals surface area contributed by atoms with E-state index in [9.17, 15) is 8.42 Å². The Balaban J connectivity index is 2.76. The van der Waals surface area contributed by atoms with Crippen LogP contribution >= 0.6 is 15.9 Å². The quantitative estimate of drug-likeness (QED) is 0.871. The predicted octanol–water partition coefficient (Wildman–Crippen LogP) is 1.81. The summed E-state index contributed by atoms with van der Waals surface area (Å²) in [5, 5.41) is 0. The molecule has 0 aromatic carbocycles. The van der Waals surface area contributed by atoms with Crippen molar-refractivity contribution in [3.8, 4) is 0 Å². The van der Waals surface area contributed by atoms with Gasteiger partial charge in [0.05, 0.1) is 5.69 Å². The molecule has 5 nitrogen and oxygen atoms in total. The number of anilines is 1. The summed E-state index contributed by atoms with van der Waals surface area (Å²) in [6, 6.07) is 3.35. The third-order valence-electron chi connectivity index (χ3n) is 1.80. The average molecular weight is 308 g/mol. The first-order valence-corrected chi connectivity index (χ1v) is 7.13. The summed E-state index contributed by atoms with van der Waals surface area (Å²) in [6.45, 7) is 4.09. The molecule has 0 amide bonds. The van der Waals surface area contributed by atoms with Crippen LogP contribution in [0.5, 0.6) is 0 Å². The van der Waals surface area contributed by atoms with Crippen molar-refractivity contribution >= 4 is 32.0 Å². The Morgan fingerprint density at radius 2 is 2.12 bits per heavy atom. The van der Waals surface area contributed by atoms with Gasteiger partial charge in [0.1, 0.15) is 5.82 Å². The summed E-state index contributed by atoms with van der Waals surface area (Å²) < 4.78 is 28.6. The van der Waals surface area contributed by atoms with Crippen molar-refractivity contribution in [3.63, 3.8) is 0 Å². The number of halogens is 1. The van der Waals surface area contributed by atoms with E-state index in [1.807, 2.05) is 6.92 Å². The van der Waals surface area contributed by atoms with Crippen molar-refractivity contribution in [1.82, 2.24) is 9.71 Å². The van der Waals surface area contributed by atoms with Gasteiger partial charge < -0.3 is 0 Å². The lowest BCUT2D eigenvalue weighted by molar-refractivity contribution is 0.586. The van der Waals surface area contributed by atoms with Gasteiger partial charge in [-0.25, -0.2) is 4.98 Å². The first-order chi connectivity index (χ1) is 7.44. The van der Waals surface area contributed by atoms with Gasteiger partial charge in [0.25, 0.3) is 10.2 Å². The average Bonchev–Trinajstić information content (AvgIpc) is 2.20. The van der Waals surface area contributed by atoms with Gasteiger partial charge >= 0.3 is 0 Å². The Labute approximate surface area is 104 Å². The third kappa shape index (κ3) is 4.07. The summed E-state index contributed by atoms with van der Waals surface area (Å²) in [7, 11) is -3.50. The molecule has 0 aliphatic rings. The highest BCUT2D eigenvalue weighted by Gasteiger charge is 2.09. The van der Waals surface area contributed by atoms with E-state index >= 15 is 0 Å². The Hall–Kier alpha value is -0.660. The molecule has 0 atom stereocenters. The van der Waals surface area contributed by atoms with Gasteiger partial charge in [-0.05, 0) is 41.4 Å². The normalized spacial score (nSPS) is 11.4. The number of nitrogens with zero attached hydrogens (tertiary/aromatic N) is 1. The first-order valence-electron chi connectivity index (χ1n) is 4.85. The fourth-order valence-corrected chi connectivity index (χ4v) is 2.17. The summed E-state index contributed by atoms with van der Waals surface area (Å²) >= 11 is 3.30. The predicted molar refractivity (Wildman–Crippen MR) is 67.5 cm³/mol. The minimum absolute atomic E-state index is 0.310. The molecule has 1 aromatic rings. The maximum Gasteiger partial charge on any atom is 0.300 e. The van der Waals surface area contributed by atoms with Crippen molar-refractivity contribution in [2.75, 3.05) is 11.3 Å². The van der Waals surface area contributed by atoms with E-state index in [0.29, 0.717) is 12.4 Å². The molecular formula is C9H14BrN3O2S. The molecule has 2 N–H and O–H groups in total. The molecule has 0 saturated carbocycles. The van der Waals surface area contributed by atoms with E-state index in [1.54, 1.807) is 19.1 Å². The number of hydrogen-bond donors (Lipinski definition) is 2. The van der Waals surface area contributed by atoms with Crippen LogP contribution in [0.4, 0.5) is 5.82 Å². The lowest BCUT2D eigenvalue weighted by Crippen LogP contribution is -2.31.